The number of benzene rings is 1. The van der Waals surface area contributed by atoms with Gasteiger partial charge in [0.2, 0.25) is 0 Å². The Labute approximate surface area is 129 Å². The average Bonchev–Trinajstić information content (AvgIpc) is 3.12. The van der Waals surface area contributed by atoms with Gasteiger partial charge in [0.15, 0.2) is 5.69 Å². The van der Waals surface area contributed by atoms with E-state index in [9.17, 15) is 4.79 Å². The SMILES string of the molecule is COc1ccc(NC(=O)c2nn(C)c3c2CCC3)c(OC)c1. The lowest BCUT2D eigenvalue weighted by Crippen LogP contribution is -2.15. The van der Waals surface area contributed by atoms with E-state index < -0.39 is 0 Å². The van der Waals surface area contributed by atoms with Crippen LogP contribution in [-0.4, -0.2) is 29.9 Å². The van der Waals surface area contributed by atoms with Crippen LogP contribution in [-0.2, 0) is 19.9 Å². The molecular weight excluding hydrogens is 282 g/mol. The van der Waals surface area contributed by atoms with E-state index in [2.05, 4.69) is 10.4 Å². The van der Waals surface area contributed by atoms with Gasteiger partial charge in [-0.1, -0.05) is 0 Å². The van der Waals surface area contributed by atoms with E-state index in [-0.39, 0.29) is 5.91 Å². The Kier molecular flexibility index (Phi) is 3.75. The molecule has 1 aromatic heterocycles. The summed E-state index contributed by atoms with van der Waals surface area (Å²) >= 11 is 0. The predicted octanol–water partition coefficient (Wildman–Crippen LogP) is 2.18. The molecule has 0 aliphatic heterocycles. The molecule has 6 nitrogen and oxygen atoms in total. The topological polar surface area (TPSA) is 65.4 Å². The standard InChI is InChI=1S/C16H19N3O3/c1-19-13-6-4-5-11(13)15(18-19)16(20)17-12-8-7-10(21-2)9-14(12)22-3/h7-9H,4-6H2,1-3H3,(H,17,20). The Morgan fingerprint density at radius 2 is 2.09 bits per heavy atom. The molecule has 22 heavy (non-hydrogen) atoms. The van der Waals surface area contributed by atoms with Gasteiger partial charge in [-0.25, -0.2) is 0 Å². The maximum absolute atomic E-state index is 12.5. The van der Waals surface area contributed by atoms with E-state index >= 15 is 0 Å². The summed E-state index contributed by atoms with van der Waals surface area (Å²) in [5.41, 5.74) is 3.33. The van der Waals surface area contributed by atoms with Crippen LogP contribution in [0.25, 0.3) is 0 Å². The fourth-order valence-electron chi connectivity index (χ4n) is 2.88. The third kappa shape index (κ3) is 2.41. The molecular formula is C16H19N3O3. The second-order valence-electron chi connectivity index (χ2n) is 5.27. The van der Waals surface area contributed by atoms with Crippen molar-refractivity contribution in [1.29, 1.82) is 0 Å². The molecule has 1 aliphatic carbocycles. The Morgan fingerprint density at radius 3 is 2.82 bits per heavy atom. The summed E-state index contributed by atoms with van der Waals surface area (Å²) < 4.78 is 12.3. The molecule has 0 atom stereocenters. The monoisotopic (exact) mass is 301 g/mol. The first-order chi connectivity index (χ1) is 10.6. The molecule has 2 aromatic rings. The van der Waals surface area contributed by atoms with Crippen molar-refractivity contribution in [2.45, 2.75) is 19.3 Å². The lowest BCUT2D eigenvalue weighted by atomic mass is 10.2. The molecule has 116 valence electrons. The number of hydrogen-bond donors (Lipinski definition) is 1. The molecule has 0 unspecified atom stereocenters. The van der Waals surface area contributed by atoms with Gasteiger partial charge in [-0.2, -0.15) is 5.10 Å². The average molecular weight is 301 g/mol. The summed E-state index contributed by atoms with van der Waals surface area (Å²) in [6.45, 7) is 0. The van der Waals surface area contributed by atoms with E-state index in [1.165, 1.54) is 0 Å². The summed E-state index contributed by atoms with van der Waals surface area (Å²) in [7, 11) is 5.03. The molecule has 1 aliphatic rings. The molecule has 0 radical (unpaired) electrons. The molecule has 3 rings (SSSR count). The highest BCUT2D eigenvalue weighted by Gasteiger charge is 2.25. The van der Waals surface area contributed by atoms with Crippen LogP contribution in [0.2, 0.25) is 0 Å². The highest BCUT2D eigenvalue weighted by molar-refractivity contribution is 6.05. The van der Waals surface area contributed by atoms with Crippen LogP contribution < -0.4 is 14.8 Å². The van der Waals surface area contributed by atoms with Crippen LogP contribution in [0.1, 0.15) is 28.2 Å². The normalized spacial score (nSPS) is 12.9. The van der Waals surface area contributed by atoms with Gasteiger partial charge < -0.3 is 14.8 Å². The highest BCUT2D eigenvalue weighted by atomic mass is 16.5. The largest absolute Gasteiger partial charge is 0.497 e. The number of ether oxygens (including phenoxy) is 2. The van der Waals surface area contributed by atoms with Crippen LogP contribution >= 0.6 is 0 Å². The third-order valence-corrected chi connectivity index (χ3v) is 3.99. The van der Waals surface area contributed by atoms with Gasteiger partial charge in [0, 0.05) is 24.4 Å². The zero-order valence-electron chi connectivity index (χ0n) is 13.0. The van der Waals surface area contributed by atoms with Gasteiger partial charge in [-0.15, -0.1) is 0 Å². The van der Waals surface area contributed by atoms with Crippen LogP contribution in [0.15, 0.2) is 18.2 Å². The summed E-state index contributed by atoms with van der Waals surface area (Å²) in [5.74, 6) is 1.02. The molecule has 1 N–H and O–H groups in total. The number of aromatic nitrogens is 2. The predicted molar refractivity (Wildman–Crippen MR) is 82.7 cm³/mol. The number of anilines is 1. The van der Waals surface area contributed by atoms with Gasteiger partial charge in [0.25, 0.3) is 5.91 Å². The number of carbonyl (C=O) groups excluding carboxylic acids is 1. The lowest BCUT2D eigenvalue weighted by molar-refractivity contribution is 0.102. The maximum Gasteiger partial charge on any atom is 0.276 e. The molecule has 0 bridgehead atoms. The number of carbonyl (C=O) groups is 1. The van der Waals surface area contributed by atoms with Gasteiger partial charge in [-0.05, 0) is 31.4 Å². The van der Waals surface area contributed by atoms with Crippen molar-refractivity contribution < 1.29 is 14.3 Å². The van der Waals surface area contributed by atoms with Gasteiger partial charge in [0.1, 0.15) is 11.5 Å². The minimum absolute atomic E-state index is 0.206. The van der Waals surface area contributed by atoms with Crippen molar-refractivity contribution in [1.82, 2.24) is 9.78 Å². The molecule has 1 aromatic carbocycles. The molecule has 0 spiro atoms. The second-order valence-corrected chi connectivity index (χ2v) is 5.27. The van der Waals surface area contributed by atoms with Gasteiger partial charge >= 0.3 is 0 Å². The molecule has 1 heterocycles. The lowest BCUT2D eigenvalue weighted by Gasteiger charge is -2.11. The van der Waals surface area contributed by atoms with Crippen LogP contribution in [0, 0.1) is 0 Å². The van der Waals surface area contributed by atoms with Gasteiger partial charge in [0.05, 0.1) is 19.9 Å². The van der Waals surface area contributed by atoms with Crippen molar-refractivity contribution in [3.05, 3.63) is 35.2 Å². The van der Waals surface area contributed by atoms with E-state index in [0.717, 1.165) is 30.5 Å². The zero-order chi connectivity index (χ0) is 15.7. The van der Waals surface area contributed by atoms with E-state index in [1.807, 2.05) is 11.7 Å². The first-order valence-electron chi connectivity index (χ1n) is 7.22. The van der Waals surface area contributed by atoms with Crippen molar-refractivity contribution in [3.8, 4) is 11.5 Å². The fraction of sp³-hybridized carbons (Fsp3) is 0.375. The Hall–Kier alpha value is -2.50. The third-order valence-electron chi connectivity index (χ3n) is 3.99. The number of nitrogens with one attached hydrogen (secondary N) is 1. The first-order valence-corrected chi connectivity index (χ1v) is 7.22. The number of rotatable bonds is 4. The van der Waals surface area contributed by atoms with Crippen molar-refractivity contribution in [2.24, 2.45) is 7.05 Å². The number of aryl methyl sites for hydroxylation is 1. The summed E-state index contributed by atoms with van der Waals surface area (Å²) in [5, 5.41) is 7.23. The maximum atomic E-state index is 12.5. The van der Waals surface area contributed by atoms with Crippen LogP contribution in [0.4, 0.5) is 5.69 Å². The summed E-state index contributed by atoms with van der Waals surface area (Å²) in [4.78, 5) is 12.5. The number of hydrogen-bond acceptors (Lipinski definition) is 4. The second kappa shape index (κ2) is 5.71. The minimum atomic E-state index is -0.206. The molecule has 1 amide bonds. The fourth-order valence-corrected chi connectivity index (χ4v) is 2.88. The Balaban J connectivity index is 1.87. The quantitative estimate of drug-likeness (QED) is 0.940. The van der Waals surface area contributed by atoms with Crippen molar-refractivity contribution >= 4 is 11.6 Å². The number of nitrogens with zero attached hydrogens (tertiary/aromatic N) is 2. The number of fused-ring (bicyclic) bond motifs is 1. The Morgan fingerprint density at radius 1 is 1.27 bits per heavy atom. The van der Waals surface area contributed by atoms with Crippen molar-refractivity contribution in [2.75, 3.05) is 19.5 Å². The smallest absolute Gasteiger partial charge is 0.276 e. The minimum Gasteiger partial charge on any atom is -0.497 e. The summed E-state index contributed by atoms with van der Waals surface area (Å²) in [6, 6.07) is 5.28. The molecule has 0 saturated heterocycles. The number of methoxy groups -OCH3 is 2. The molecule has 0 saturated carbocycles. The van der Waals surface area contributed by atoms with Crippen LogP contribution in [0.3, 0.4) is 0 Å². The van der Waals surface area contributed by atoms with E-state index in [1.54, 1.807) is 32.4 Å². The number of amides is 1. The summed E-state index contributed by atoms with van der Waals surface area (Å²) in [6.07, 6.45) is 2.97. The van der Waals surface area contributed by atoms with E-state index in [4.69, 9.17) is 9.47 Å². The van der Waals surface area contributed by atoms with E-state index in [0.29, 0.717) is 22.9 Å². The zero-order valence-corrected chi connectivity index (χ0v) is 13.0. The van der Waals surface area contributed by atoms with Crippen molar-refractivity contribution in [3.63, 3.8) is 0 Å². The Bertz CT molecular complexity index is 722. The first kappa shape index (κ1) is 14.4. The highest BCUT2D eigenvalue weighted by Crippen LogP contribution is 2.30. The molecule has 0 fully saturated rings. The van der Waals surface area contributed by atoms with Crippen LogP contribution in [0.5, 0.6) is 11.5 Å². The van der Waals surface area contributed by atoms with Gasteiger partial charge in [-0.3, -0.25) is 9.48 Å². The molecule has 6 heteroatoms.